The van der Waals surface area contributed by atoms with Crippen LogP contribution in [0.4, 0.5) is 11.4 Å². The summed E-state index contributed by atoms with van der Waals surface area (Å²) < 4.78 is 5.25. The summed E-state index contributed by atoms with van der Waals surface area (Å²) in [5.74, 6) is -1.22. The molecule has 0 fully saturated rings. The predicted octanol–water partition coefficient (Wildman–Crippen LogP) is 3.40. The molecule has 1 amide bonds. The molecule has 144 valence electrons. The molecule has 8 heteroatoms. The maximum atomic E-state index is 12.8. The van der Waals surface area contributed by atoms with Gasteiger partial charge in [-0.15, -0.1) is 0 Å². The Morgan fingerprint density at radius 2 is 1.93 bits per heavy atom. The van der Waals surface area contributed by atoms with Gasteiger partial charge in [0.15, 0.2) is 6.10 Å². The molecule has 28 heavy (non-hydrogen) atoms. The van der Waals surface area contributed by atoms with E-state index in [0.717, 1.165) is 0 Å². The molecule has 0 N–H and O–H groups in total. The summed E-state index contributed by atoms with van der Waals surface area (Å²) in [6.45, 7) is 3.13. The topological polar surface area (TPSA) is 114 Å². The average molecular weight is 381 g/mol. The van der Waals surface area contributed by atoms with E-state index in [1.54, 1.807) is 30.3 Å². The summed E-state index contributed by atoms with van der Waals surface area (Å²) in [7, 11) is 0. The molecule has 1 atom stereocenters. The number of nitriles is 1. The van der Waals surface area contributed by atoms with Crippen LogP contribution in [0.1, 0.15) is 29.3 Å². The van der Waals surface area contributed by atoms with Gasteiger partial charge in [0, 0.05) is 23.9 Å². The number of para-hydroxylation sites is 1. The first-order valence-electron chi connectivity index (χ1n) is 8.54. The number of carbonyl (C=O) groups excluding carboxylic acids is 2. The lowest BCUT2D eigenvalue weighted by molar-refractivity contribution is -0.385. The van der Waals surface area contributed by atoms with Gasteiger partial charge in [-0.25, -0.2) is 4.79 Å². The molecule has 0 aliphatic carbocycles. The van der Waals surface area contributed by atoms with Crippen molar-refractivity contribution in [3.05, 3.63) is 69.8 Å². The van der Waals surface area contributed by atoms with Crippen LogP contribution in [0.15, 0.2) is 48.5 Å². The first-order valence-corrected chi connectivity index (χ1v) is 8.54. The minimum atomic E-state index is -1.10. The molecule has 0 aliphatic rings. The number of carbonyl (C=O) groups is 2. The van der Waals surface area contributed by atoms with Gasteiger partial charge in [-0.3, -0.25) is 14.9 Å². The number of nitrogens with zero attached hydrogens (tertiary/aromatic N) is 3. The largest absolute Gasteiger partial charge is 0.449 e. The van der Waals surface area contributed by atoms with Crippen molar-refractivity contribution in [1.82, 2.24) is 0 Å². The van der Waals surface area contributed by atoms with Crippen molar-refractivity contribution in [3.63, 3.8) is 0 Å². The highest BCUT2D eigenvalue weighted by atomic mass is 16.6. The molecule has 2 aromatic carbocycles. The van der Waals surface area contributed by atoms with E-state index in [1.807, 2.05) is 6.07 Å². The first kappa shape index (κ1) is 20.6. The molecule has 0 unspecified atom stereocenters. The van der Waals surface area contributed by atoms with Gasteiger partial charge in [0.25, 0.3) is 11.6 Å². The van der Waals surface area contributed by atoms with Crippen molar-refractivity contribution in [2.75, 3.05) is 11.4 Å². The van der Waals surface area contributed by atoms with Crippen LogP contribution in [-0.2, 0) is 9.53 Å². The highest BCUT2D eigenvalue weighted by molar-refractivity contribution is 5.99. The van der Waals surface area contributed by atoms with Crippen LogP contribution in [-0.4, -0.2) is 29.4 Å². The Hall–Kier alpha value is -3.73. The average Bonchev–Trinajstić information content (AvgIpc) is 2.68. The number of benzene rings is 2. The third-order valence-electron chi connectivity index (χ3n) is 4.04. The number of aryl methyl sites for hydroxylation is 1. The molecule has 0 saturated carbocycles. The Labute approximate surface area is 162 Å². The molecule has 2 rings (SSSR count). The third-order valence-corrected chi connectivity index (χ3v) is 4.04. The molecule has 0 aliphatic heterocycles. The monoisotopic (exact) mass is 381 g/mol. The number of esters is 1. The maximum Gasteiger partial charge on any atom is 0.338 e. The second kappa shape index (κ2) is 9.28. The second-order valence-corrected chi connectivity index (χ2v) is 6.04. The van der Waals surface area contributed by atoms with Gasteiger partial charge in [0.1, 0.15) is 0 Å². The maximum absolute atomic E-state index is 12.8. The number of rotatable bonds is 7. The Morgan fingerprint density at radius 1 is 1.25 bits per heavy atom. The number of amides is 1. The summed E-state index contributed by atoms with van der Waals surface area (Å²) >= 11 is 0. The molecular weight excluding hydrogens is 362 g/mol. The number of nitro groups is 1. The fourth-order valence-electron chi connectivity index (χ4n) is 2.62. The molecule has 0 radical (unpaired) electrons. The van der Waals surface area contributed by atoms with E-state index in [-0.39, 0.29) is 24.2 Å². The van der Waals surface area contributed by atoms with Crippen molar-refractivity contribution in [3.8, 4) is 6.07 Å². The summed E-state index contributed by atoms with van der Waals surface area (Å²) in [4.78, 5) is 36.9. The van der Waals surface area contributed by atoms with Crippen LogP contribution in [0, 0.1) is 28.4 Å². The highest BCUT2D eigenvalue weighted by Gasteiger charge is 2.26. The third kappa shape index (κ3) is 4.92. The molecule has 2 aromatic rings. The lowest BCUT2D eigenvalue weighted by Gasteiger charge is -2.25. The molecule has 0 heterocycles. The molecule has 0 aromatic heterocycles. The Bertz CT molecular complexity index is 921. The summed E-state index contributed by atoms with van der Waals surface area (Å²) in [5.41, 5.74) is 0.925. The number of hydrogen-bond acceptors (Lipinski definition) is 6. The van der Waals surface area contributed by atoms with Crippen molar-refractivity contribution in [2.45, 2.75) is 26.4 Å². The van der Waals surface area contributed by atoms with Gasteiger partial charge < -0.3 is 9.64 Å². The van der Waals surface area contributed by atoms with E-state index in [9.17, 15) is 19.7 Å². The van der Waals surface area contributed by atoms with E-state index in [4.69, 9.17) is 10.00 Å². The van der Waals surface area contributed by atoms with E-state index in [0.29, 0.717) is 11.3 Å². The van der Waals surface area contributed by atoms with Crippen molar-refractivity contribution in [1.29, 1.82) is 5.26 Å². The SMILES string of the molecule is Cc1cc(C(=O)O[C@@H](C)C(=O)N(CCC#N)c2ccccc2)ccc1[N+](=O)[O-]. The van der Waals surface area contributed by atoms with E-state index in [2.05, 4.69) is 0 Å². The zero-order chi connectivity index (χ0) is 20.7. The minimum Gasteiger partial charge on any atom is -0.449 e. The Morgan fingerprint density at radius 3 is 2.50 bits per heavy atom. The fourth-order valence-corrected chi connectivity index (χ4v) is 2.62. The van der Waals surface area contributed by atoms with Crippen LogP contribution in [0.25, 0.3) is 0 Å². The number of anilines is 1. The van der Waals surface area contributed by atoms with Gasteiger partial charge in [0.05, 0.1) is 23.0 Å². The fraction of sp³-hybridized carbons (Fsp3) is 0.250. The van der Waals surface area contributed by atoms with Crippen LogP contribution in [0.2, 0.25) is 0 Å². The van der Waals surface area contributed by atoms with Gasteiger partial charge in [-0.1, -0.05) is 18.2 Å². The predicted molar refractivity (Wildman–Crippen MR) is 102 cm³/mol. The minimum absolute atomic E-state index is 0.104. The van der Waals surface area contributed by atoms with E-state index >= 15 is 0 Å². The van der Waals surface area contributed by atoms with Crippen molar-refractivity contribution < 1.29 is 19.2 Å². The molecular formula is C20H19N3O5. The number of nitro benzene ring substituents is 1. The van der Waals surface area contributed by atoms with E-state index < -0.39 is 22.9 Å². The summed E-state index contributed by atoms with van der Waals surface area (Å²) in [6, 6.07) is 14.6. The summed E-state index contributed by atoms with van der Waals surface area (Å²) in [6.07, 6.45) is -0.968. The van der Waals surface area contributed by atoms with Crippen molar-refractivity contribution in [2.24, 2.45) is 0 Å². The van der Waals surface area contributed by atoms with Crippen LogP contribution in [0.3, 0.4) is 0 Å². The lowest BCUT2D eigenvalue weighted by atomic mass is 10.1. The Kier molecular flexibility index (Phi) is 6.82. The van der Waals surface area contributed by atoms with Crippen LogP contribution in [0.5, 0.6) is 0 Å². The van der Waals surface area contributed by atoms with Gasteiger partial charge in [-0.05, 0) is 38.1 Å². The molecule has 8 nitrogen and oxygen atoms in total. The molecule has 0 saturated heterocycles. The zero-order valence-electron chi connectivity index (χ0n) is 15.5. The van der Waals surface area contributed by atoms with Gasteiger partial charge in [0.2, 0.25) is 0 Å². The Balaban J connectivity index is 2.15. The lowest BCUT2D eigenvalue weighted by Crippen LogP contribution is -2.40. The van der Waals surface area contributed by atoms with E-state index in [1.165, 1.54) is 36.9 Å². The highest BCUT2D eigenvalue weighted by Crippen LogP contribution is 2.20. The molecule has 0 bridgehead atoms. The quantitative estimate of drug-likeness (QED) is 0.413. The van der Waals surface area contributed by atoms with Crippen molar-refractivity contribution >= 4 is 23.3 Å². The van der Waals surface area contributed by atoms with Crippen LogP contribution < -0.4 is 4.90 Å². The van der Waals surface area contributed by atoms with Gasteiger partial charge in [-0.2, -0.15) is 5.26 Å². The number of ether oxygens (including phenoxy) is 1. The molecule has 0 spiro atoms. The first-order chi connectivity index (χ1) is 13.3. The normalized spacial score (nSPS) is 11.2. The number of hydrogen-bond donors (Lipinski definition) is 0. The second-order valence-electron chi connectivity index (χ2n) is 6.04. The summed E-state index contributed by atoms with van der Waals surface area (Å²) in [5, 5.41) is 19.7. The van der Waals surface area contributed by atoms with Crippen LogP contribution >= 0.6 is 0 Å². The van der Waals surface area contributed by atoms with Gasteiger partial charge >= 0.3 is 5.97 Å². The standard InChI is InChI=1S/C20H19N3O5/c1-14-13-16(9-10-18(14)23(26)27)20(25)28-15(2)19(24)22(12-6-11-21)17-7-4-3-5-8-17/h3-5,7-10,13,15H,6,12H2,1-2H3/t15-/m0/s1. The smallest absolute Gasteiger partial charge is 0.338 e. The zero-order valence-corrected chi connectivity index (χ0v) is 15.5.